The monoisotopic (exact) mass is 246 g/mol. The molecular formula is C11H7ClN4O. The van der Waals surface area contributed by atoms with Gasteiger partial charge in [-0.2, -0.15) is 5.10 Å². The van der Waals surface area contributed by atoms with Crippen LogP contribution in [0.1, 0.15) is 16.2 Å². The molecule has 2 rings (SSSR count). The summed E-state index contributed by atoms with van der Waals surface area (Å²) in [7, 11) is 0. The van der Waals surface area contributed by atoms with E-state index in [0.29, 0.717) is 29.0 Å². The van der Waals surface area contributed by atoms with Gasteiger partial charge in [0.15, 0.2) is 0 Å². The topological polar surface area (TPSA) is 52.1 Å². The molecule has 1 aromatic carbocycles. The molecule has 1 heterocycles. The van der Waals surface area contributed by atoms with Crippen molar-refractivity contribution in [2.45, 2.75) is 6.92 Å². The molecular weight excluding hydrogens is 240 g/mol. The molecule has 0 aliphatic carbocycles. The quantitative estimate of drug-likeness (QED) is 0.605. The summed E-state index contributed by atoms with van der Waals surface area (Å²) < 4.78 is 1.46. The van der Waals surface area contributed by atoms with Gasteiger partial charge in [0.25, 0.3) is 0 Å². The van der Waals surface area contributed by atoms with Gasteiger partial charge in [0.2, 0.25) is 5.69 Å². The highest BCUT2D eigenvalue weighted by Crippen LogP contribution is 2.29. The van der Waals surface area contributed by atoms with Crippen LogP contribution < -0.4 is 0 Å². The SMILES string of the molecule is [C-]#[N+]c1cc(C=O)c(Cl)cc1-n1cnc(C)n1. The molecule has 0 bridgehead atoms. The summed E-state index contributed by atoms with van der Waals surface area (Å²) in [5.74, 6) is 0.594. The number of rotatable bonds is 2. The van der Waals surface area contributed by atoms with E-state index in [-0.39, 0.29) is 5.02 Å². The Morgan fingerprint density at radius 3 is 2.82 bits per heavy atom. The highest BCUT2D eigenvalue weighted by Gasteiger charge is 2.11. The van der Waals surface area contributed by atoms with E-state index in [9.17, 15) is 4.79 Å². The molecule has 17 heavy (non-hydrogen) atoms. The number of aryl methyl sites for hydroxylation is 1. The summed E-state index contributed by atoms with van der Waals surface area (Å²) in [5, 5.41) is 4.39. The standard InChI is InChI=1S/C11H7ClN4O/c1-7-14-6-16(15-7)11-4-9(12)8(5-17)3-10(11)13-2/h3-6H,1H3. The molecule has 0 N–H and O–H groups in total. The zero-order valence-corrected chi connectivity index (χ0v) is 9.64. The molecule has 0 unspecified atom stereocenters. The second-order valence-corrected chi connectivity index (χ2v) is 3.74. The van der Waals surface area contributed by atoms with E-state index in [1.807, 2.05) is 0 Å². The van der Waals surface area contributed by atoms with Crippen molar-refractivity contribution in [1.29, 1.82) is 0 Å². The van der Waals surface area contributed by atoms with Crippen molar-refractivity contribution in [1.82, 2.24) is 14.8 Å². The van der Waals surface area contributed by atoms with Crippen LogP contribution in [-0.4, -0.2) is 21.1 Å². The lowest BCUT2D eigenvalue weighted by Crippen LogP contribution is -1.96. The Hall–Kier alpha value is -2.19. The zero-order valence-electron chi connectivity index (χ0n) is 8.88. The van der Waals surface area contributed by atoms with Crippen LogP contribution in [0, 0.1) is 13.5 Å². The molecule has 0 fully saturated rings. The molecule has 1 aromatic heterocycles. The van der Waals surface area contributed by atoms with Crippen molar-refractivity contribution >= 4 is 23.6 Å². The van der Waals surface area contributed by atoms with Crippen LogP contribution in [0.5, 0.6) is 0 Å². The normalized spacial score (nSPS) is 9.94. The first-order valence-electron chi connectivity index (χ1n) is 4.70. The minimum absolute atomic E-state index is 0.288. The van der Waals surface area contributed by atoms with E-state index < -0.39 is 0 Å². The van der Waals surface area contributed by atoms with E-state index in [2.05, 4.69) is 14.9 Å². The lowest BCUT2D eigenvalue weighted by Gasteiger charge is -2.05. The summed E-state index contributed by atoms with van der Waals surface area (Å²) in [6, 6.07) is 2.97. The van der Waals surface area contributed by atoms with Gasteiger partial charge in [0.05, 0.1) is 17.3 Å². The summed E-state index contributed by atoms with van der Waals surface area (Å²) >= 11 is 5.92. The molecule has 5 nitrogen and oxygen atoms in total. The van der Waals surface area contributed by atoms with Crippen molar-refractivity contribution in [2.75, 3.05) is 0 Å². The molecule has 0 radical (unpaired) electrons. The van der Waals surface area contributed by atoms with Gasteiger partial charge in [-0.3, -0.25) is 4.79 Å². The molecule has 0 aliphatic heterocycles. The summed E-state index contributed by atoms with van der Waals surface area (Å²) in [4.78, 5) is 18.1. The smallest absolute Gasteiger partial charge is 0.213 e. The Kier molecular flexibility index (Phi) is 2.90. The number of aldehydes is 1. The lowest BCUT2D eigenvalue weighted by molar-refractivity contribution is 0.112. The zero-order chi connectivity index (χ0) is 12.4. The fourth-order valence-corrected chi connectivity index (χ4v) is 1.60. The van der Waals surface area contributed by atoms with Crippen molar-refractivity contribution < 1.29 is 4.79 Å². The average molecular weight is 247 g/mol. The number of halogens is 1. The molecule has 0 saturated heterocycles. The number of carbonyl (C=O) groups is 1. The van der Waals surface area contributed by atoms with Crippen LogP contribution in [0.25, 0.3) is 10.5 Å². The van der Waals surface area contributed by atoms with Crippen LogP contribution in [0.4, 0.5) is 5.69 Å². The predicted octanol–water partition coefficient (Wildman–Crippen LogP) is 2.59. The Labute approximate surface area is 102 Å². The molecule has 2 aromatic rings. The third kappa shape index (κ3) is 2.03. The van der Waals surface area contributed by atoms with Crippen LogP contribution in [0.2, 0.25) is 5.02 Å². The summed E-state index contributed by atoms with van der Waals surface area (Å²) in [6.07, 6.45) is 2.11. The first-order valence-corrected chi connectivity index (χ1v) is 5.08. The molecule has 0 aliphatic rings. The van der Waals surface area contributed by atoms with Gasteiger partial charge in [-0.15, -0.1) is 0 Å². The van der Waals surface area contributed by atoms with Gasteiger partial charge in [-0.05, 0) is 19.1 Å². The second-order valence-electron chi connectivity index (χ2n) is 3.33. The van der Waals surface area contributed by atoms with Crippen LogP contribution >= 0.6 is 11.6 Å². The number of aromatic nitrogens is 3. The van der Waals surface area contributed by atoms with Gasteiger partial charge in [-0.1, -0.05) is 11.6 Å². The Morgan fingerprint density at radius 2 is 2.29 bits per heavy atom. The Bertz CT molecular complexity index is 627. The van der Waals surface area contributed by atoms with Crippen molar-refractivity contribution in [3.05, 3.63) is 46.3 Å². The molecule has 0 amide bonds. The molecule has 6 heteroatoms. The fraction of sp³-hybridized carbons (Fsp3) is 0.0909. The highest BCUT2D eigenvalue weighted by molar-refractivity contribution is 6.33. The first-order chi connectivity index (χ1) is 8.15. The Morgan fingerprint density at radius 1 is 1.53 bits per heavy atom. The molecule has 0 saturated carbocycles. The van der Waals surface area contributed by atoms with E-state index in [1.54, 1.807) is 6.92 Å². The summed E-state index contributed by atoms with van der Waals surface area (Å²) in [6.45, 7) is 8.83. The van der Waals surface area contributed by atoms with E-state index >= 15 is 0 Å². The van der Waals surface area contributed by atoms with Crippen LogP contribution in [0.15, 0.2) is 18.5 Å². The first kappa shape index (κ1) is 11.3. The number of carbonyl (C=O) groups excluding carboxylic acids is 1. The number of benzene rings is 1. The number of nitrogens with zero attached hydrogens (tertiary/aromatic N) is 4. The van der Waals surface area contributed by atoms with Gasteiger partial charge in [0, 0.05) is 5.56 Å². The maximum atomic E-state index is 10.7. The molecule has 84 valence electrons. The van der Waals surface area contributed by atoms with Crippen LogP contribution in [-0.2, 0) is 0 Å². The second kappa shape index (κ2) is 4.36. The maximum Gasteiger partial charge on any atom is 0.213 e. The minimum Gasteiger partial charge on any atom is -0.298 e. The largest absolute Gasteiger partial charge is 0.298 e. The molecule has 0 atom stereocenters. The summed E-state index contributed by atoms with van der Waals surface area (Å²) in [5.41, 5.74) is 1.11. The highest BCUT2D eigenvalue weighted by atomic mass is 35.5. The van der Waals surface area contributed by atoms with E-state index in [4.69, 9.17) is 18.2 Å². The lowest BCUT2D eigenvalue weighted by atomic mass is 10.2. The number of hydrogen-bond donors (Lipinski definition) is 0. The van der Waals surface area contributed by atoms with Gasteiger partial charge in [0.1, 0.15) is 18.4 Å². The van der Waals surface area contributed by atoms with Crippen molar-refractivity contribution in [3.8, 4) is 5.69 Å². The minimum atomic E-state index is 0.288. The van der Waals surface area contributed by atoms with E-state index in [0.717, 1.165) is 0 Å². The maximum absolute atomic E-state index is 10.7. The fourth-order valence-electron chi connectivity index (χ4n) is 1.39. The van der Waals surface area contributed by atoms with Gasteiger partial charge < -0.3 is 0 Å². The molecule has 0 spiro atoms. The predicted molar refractivity (Wildman–Crippen MR) is 62.8 cm³/mol. The number of hydrogen-bond acceptors (Lipinski definition) is 3. The van der Waals surface area contributed by atoms with Crippen LogP contribution in [0.3, 0.4) is 0 Å². The third-order valence-corrected chi connectivity index (χ3v) is 2.52. The Balaban J connectivity index is 2.66. The van der Waals surface area contributed by atoms with E-state index in [1.165, 1.54) is 23.1 Å². The van der Waals surface area contributed by atoms with Crippen molar-refractivity contribution in [2.24, 2.45) is 0 Å². The van der Waals surface area contributed by atoms with Gasteiger partial charge >= 0.3 is 0 Å². The van der Waals surface area contributed by atoms with Gasteiger partial charge in [-0.25, -0.2) is 14.5 Å². The average Bonchev–Trinajstić information content (AvgIpc) is 2.75. The van der Waals surface area contributed by atoms with Crippen molar-refractivity contribution in [3.63, 3.8) is 0 Å². The third-order valence-electron chi connectivity index (χ3n) is 2.19.